The number of carbonyl (C=O) groups excluding carboxylic acids is 2. The normalized spacial score (nSPS) is 20.2. The van der Waals surface area contributed by atoms with Crippen molar-refractivity contribution in [3.63, 3.8) is 0 Å². The van der Waals surface area contributed by atoms with Crippen LogP contribution in [0.15, 0.2) is 42.5 Å². The maximum absolute atomic E-state index is 13.1. The molecule has 2 amide bonds. The van der Waals surface area contributed by atoms with Crippen LogP contribution in [0.1, 0.15) is 49.7 Å². The molecule has 2 fully saturated rings. The summed E-state index contributed by atoms with van der Waals surface area (Å²) in [5.41, 5.74) is 8.52. The molecule has 0 spiro atoms. The Kier molecular flexibility index (Phi) is 7.56. The number of hydrogen-bond acceptors (Lipinski definition) is 4. The zero-order valence-corrected chi connectivity index (χ0v) is 19.8. The number of ether oxygens (including phenoxy) is 1. The number of methoxy groups -OCH3 is 1. The summed E-state index contributed by atoms with van der Waals surface area (Å²) in [6.07, 6.45) is 5.93. The van der Waals surface area contributed by atoms with Gasteiger partial charge in [0.15, 0.2) is 0 Å². The molecule has 3 N–H and O–H groups in total. The van der Waals surface area contributed by atoms with Crippen LogP contribution in [0, 0.1) is 5.92 Å². The van der Waals surface area contributed by atoms with Gasteiger partial charge in [0, 0.05) is 35.3 Å². The lowest BCUT2D eigenvalue weighted by molar-refractivity contribution is -0.136. The first-order valence-corrected chi connectivity index (χ1v) is 12.1. The lowest BCUT2D eigenvalue weighted by Crippen LogP contribution is -2.44. The van der Waals surface area contributed by atoms with Crippen molar-refractivity contribution in [1.29, 1.82) is 0 Å². The molecule has 2 aliphatic rings. The summed E-state index contributed by atoms with van der Waals surface area (Å²) >= 11 is 6.51. The molecule has 0 atom stereocenters. The van der Waals surface area contributed by atoms with E-state index in [0.717, 1.165) is 55.4 Å². The fraction of sp³-hybridized carbons (Fsp3) is 0.462. The van der Waals surface area contributed by atoms with Crippen LogP contribution < -0.4 is 15.8 Å². The molecule has 2 aliphatic carbocycles. The molecule has 0 unspecified atom stereocenters. The van der Waals surface area contributed by atoms with Crippen molar-refractivity contribution in [3.05, 3.63) is 58.6 Å². The number of nitrogens with one attached hydrogen (secondary N) is 1. The van der Waals surface area contributed by atoms with Crippen molar-refractivity contribution in [3.8, 4) is 5.75 Å². The molecule has 33 heavy (non-hydrogen) atoms. The number of rotatable bonds is 8. The zero-order chi connectivity index (χ0) is 23.4. The maximum atomic E-state index is 13.1. The minimum Gasteiger partial charge on any atom is -0.497 e. The molecule has 0 aromatic heterocycles. The van der Waals surface area contributed by atoms with Crippen LogP contribution in [0.5, 0.6) is 5.75 Å². The Morgan fingerprint density at radius 2 is 1.76 bits per heavy atom. The molecule has 6 nitrogen and oxygen atoms in total. The van der Waals surface area contributed by atoms with Gasteiger partial charge in [-0.3, -0.25) is 9.59 Å². The smallest absolute Gasteiger partial charge is 0.228 e. The third-order valence-electron chi connectivity index (χ3n) is 6.59. The molecule has 4 rings (SSSR count). The van der Waals surface area contributed by atoms with E-state index < -0.39 is 0 Å². The van der Waals surface area contributed by atoms with Crippen LogP contribution >= 0.6 is 11.6 Å². The second-order valence-corrected chi connectivity index (χ2v) is 9.60. The average Bonchev–Trinajstić information content (AvgIpc) is 3.66. The summed E-state index contributed by atoms with van der Waals surface area (Å²) in [6, 6.07) is 13.3. The molecule has 0 radical (unpaired) electrons. The van der Waals surface area contributed by atoms with Crippen LogP contribution in [-0.4, -0.2) is 35.9 Å². The zero-order valence-electron chi connectivity index (χ0n) is 19.1. The Balaban J connectivity index is 1.44. The first kappa shape index (κ1) is 23.6. The number of amides is 2. The van der Waals surface area contributed by atoms with E-state index in [0.29, 0.717) is 17.3 Å². The highest BCUT2D eigenvalue weighted by atomic mass is 35.5. The van der Waals surface area contributed by atoms with Crippen LogP contribution in [0.4, 0.5) is 5.69 Å². The molecule has 0 heterocycles. The van der Waals surface area contributed by atoms with E-state index >= 15 is 0 Å². The number of carbonyl (C=O) groups is 2. The Hall–Kier alpha value is -2.57. The first-order valence-electron chi connectivity index (χ1n) is 11.7. The monoisotopic (exact) mass is 469 g/mol. The van der Waals surface area contributed by atoms with Crippen LogP contribution in [0.2, 0.25) is 5.02 Å². The number of nitrogens with two attached hydrogens (primary N) is 1. The summed E-state index contributed by atoms with van der Waals surface area (Å²) in [4.78, 5) is 27.7. The molecule has 0 bridgehead atoms. The van der Waals surface area contributed by atoms with Gasteiger partial charge >= 0.3 is 0 Å². The number of hydrogen-bond donors (Lipinski definition) is 2. The quantitative estimate of drug-likeness (QED) is 0.594. The highest BCUT2D eigenvalue weighted by Gasteiger charge is 2.37. The second kappa shape index (κ2) is 10.6. The van der Waals surface area contributed by atoms with Gasteiger partial charge in [0.1, 0.15) is 5.75 Å². The largest absolute Gasteiger partial charge is 0.497 e. The Morgan fingerprint density at radius 1 is 1.06 bits per heavy atom. The van der Waals surface area contributed by atoms with E-state index in [1.54, 1.807) is 19.2 Å². The predicted octanol–water partition coefficient (Wildman–Crippen LogP) is 4.54. The first-order chi connectivity index (χ1) is 15.9. The van der Waals surface area contributed by atoms with E-state index in [-0.39, 0.29) is 36.2 Å². The van der Waals surface area contributed by atoms with Crippen molar-refractivity contribution in [2.75, 3.05) is 12.4 Å². The number of nitrogens with zero attached hydrogens (tertiary/aromatic N) is 1. The van der Waals surface area contributed by atoms with Crippen LogP contribution in [-0.2, 0) is 22.6 Å². The van der Waals surface area contributed by atoms with Crippen molar-refractivity contribution in [2.24, 2.45) is 11.7 Å². The molecule has 2 aromatic carbocycles. The summed E-state index contributed by atoms with van der Waals surface area (Å²) in [6.45, 7) is 0.455. The van der Waals surface area contributed by atoms with Gasteiger partial charge in [-0.05, 0) is 80.0 Å². The van der Waals surface area contributed by atoms with E-state index in [9.17, 15) is 9.59 Å². The SMILES string of the molecule is COc1ccc(CC(=O)Nc2ccc(Cl)c(CN(C(=O)C3CC3)C3CCC(N)CC3)c2)cc1. The highest BCUT2D eigenvalue weighted by Crippen LogP contribution is 2.35. The van der Waals surface area contributed by atoms with E-state index in [4.69, 9.17) is 22.1 Å². The maximum Gasteiger partial charge on any atom is 0.228 e. The molecule has 0 aliphatic heterocycles. The minimum absolute atomic E-state index is 0.111. The van der Waals surface area contributed by atoms with E-state index in [1.807, 2.05) is 35.2 Å². The fourth-order valence-corrected chi connectivity index (χ4v) is 4.63. The summed E-state index contributed by atoms with van der Waals surface area (Å²) in [5, 5.41) is 3.56. The van der Waals surface area contributed by atoms with Gasteiger partial charge in [0.25, 0.3) is 0 Å². The number of benzene rings is 2. The Bertz CT molecular complexity index is 983. The molecule has 2 saturated carbocycles. The minimum atomic E-state index is -0.111. The van der Waals surface area contributed by atoms with Crippen molar-refractivity contribution >= 4 is 29.1 Å². The molecular weight excluding hydrogens is 438 g/mol. The standard InChI is InChI=1S/C26H32ClN3O3/c1-33-23-11-2-17(3-12-23)14-25(31)29-21-8-13-24(27)19(15-21)16-30(26(32)18-4-5-18)22-9-6-20(28)7-10-22/h2-3,8,11-13,15,18,20,22H,4-7,9-10,14,16,28H2,1H3,(H,29,31). The van der Waals surface area contributed by atoms with E-state index in [1.165, 1.54) is 0 Å². The predicted molar refractivity (Wildman–Crippen MR) is 130 cm³/mol. The van der Waals surface area contributed by atoms with Crippen LogP contribution in [0.3, 0.4) is 0 Å². The highest BCUT2D eigenvalue weighted by molar-refractivity contribution is 6.31. The van der Waals surface area contributed by atoms with Gasteiger partial charge in [-0.1, -0.05) is 23.7 Å². The summed E-state index contributed by atoms with van der Waals surface area (Å²) in [7, 11) is 1.61. The second-order valence-electron chi connectivity index (χ2n) is 9.19. The number of anilines is 1. The van der Waals surface area contributed by atoms with Gasteiger partial charge in [-0.15, -0.1) is 0 Å². The fourth-order valence-electron chi connectivity index (χ4n) is 4.46. The molecule has 0 saturated heterocycles. The summed E-state index contributed by atoms with van der Waals surface area (Å²) in [5.74, 6) is 1.01. The Labute approximate surface area is 200 Å². The average molecular weight is 470 g/mol. The molecule has 2 aromatic rings. The third-order valence-corrected chi connectivity index (χ3v) is 6.95. The summed E-state index contributed by atoms with van der Waals surface area (Å²) < 4.78 is 5.16. The third kappa shape index (κ3) is 6.27. The molecule has 7 heteroatoms. The van der Waals surface area contributed by atoms with Crippen molar-refractivity contribution in [1.82, 2.24) is 4.90 Å². The molecule has 176 valence electrons. The number of halogens is 1. The lowest BCUT2D eigenvalue weighted by Gasteiger charge is -2.36. The van der Waals surface area contributed by atoms with Gasteiger partial charge in [0.2, 0.25) is 11.8 Å². The van der Waals surface area contributed by atoms with Gasteiger partial charge in [-0.2, -0.15) is 0 Å². The van der Waals surface area contributed by atoms with Gasteiger partial charge < -0.3 is 20.7 Å². The lowest BCUT2D eigenvalue weighted by atomic mass is 9.90. The van der Waals surface area contributed by atoms with Crippen molar-refractivity contribution in [2.45, 2.75) is 63.6 Å². The van der Waals surface area contributed by atoms with Gasteiger partial charge in [0.05, 0.1) is 13.5 Å². The van der Waals surface area contributed by atoms with Gasteiger partial charge in [-0.25, -0.2) is 0 Å². The topological polar surface area (TPSA) is 84.7 Å². The molecular formula is C26H32ClN3O3. The Morgan fingerprint density at radius 3 is 2.39 bits per heavy atom. The van der Waals surface area contributed by atoms with Crippen LogP contribution in [0.25, 0.3) is 0 Å². The van der Waals surface area contributed by atoms with Crippen molar-refractivity contribution < 1.29 is 14.3 Å². The van der Waals surface area contributed by atoms with E-state index in [2.05, 4.69) is 5.32 Å².